The maximum atomic E-state index is 12.3. The fourth-order valence-electron chi connectivity index (χ4n) is 3.00. The maximum Gasteiger partial charge on any atom is 0.407 e. The number of carboxylic acids is 1. The molecule has 0 heterocycles. The average Bonchev–Trinajstić information content (AvgIpc) is 2.60. The van der Waals surface area contributed by atoms with Crippen LogP contribution >= 0.6 is 0 Å². The van der Waals surface area contributed by atoms with Gasteiger partial charge >= 0.3 is 12.1 Å². The molecule has 1 aromatic rings. The minimum atomic E-state index is -1.10. The van der Waals surface area contributed by atoms with E-state index in [1.54, 1.807) is 0 Å². The van der Waals surface area contributed by atoms with Crippen LogP contribution in [-0.4, -0.2) is 48.2 Å². The number of rotatable bonds is 7. The van der Waals surface area contributed by atoms with Crippen LogP contribution in [0.1, 0.15) is 56.8 Å². The van der Waals surface area contributed by atoms with Gasteiger partial charge in [0, 0.05) is 12.1 Å². The molecule has 28 heavy (non-hydrogen) atoms. The van der Waals surface area contributed by atoms with Crippen molar-refractivity contribution < 1.29 is 33.3 Å². The third kappa shape index (κ3) is 6.90. The van der Waals surface area contributed by atoms with Crippen LogP contribution in [0.25, 0.3) is 0 Å². The van der Waals surface area contributed by atoms with Gasteiger partial charge in [0.25, 0.3) is 0 Å². The number of halogens is 1. The zero-order valence-corrected chi connectivity index (χ0v) is 16.5. The molecule has 0 bridgehead atoms. The quantitative estimate of drug-likeness (QED) is 0.724. The second kappa shape index (κ2) is 9.61. The summed E-state index contributed by atoms with van der Waals surface area (Å²) in [5.41, 5.74) is -0.519. The first kappa shape index (κ1) is 21.8. The molecule has 0 saturated heterocycles. The lowest BCUT2D eigenvalue weighted by Gasteiger charge is -2.30. The zero-order valence-electron chi connectivity index (χ0n) is 16.5. The minimum absolute atomic E-state index is 0.00661. The normalized spacial score (nSPS) is 19.6. The van der Waals surface area contributed by atoms with Crippen LogP contribution in [0.15, 0.2) is 18.2 Å². The molecule has 156 valence electrons. The predicted molar refractivity (Wildman–Crippen MR) is 101 cm³/mol. The lowest BCUT2D eigenvalue weighted by molar-refractivity contribution is 0.0467. The number of alkyl halides is 1. The molecule has 1 aliphatic carbocycles. The van der Waals surface area contributed by atoms with Crippen molar-refractivity contribution in [2.24, 2.45) is 0 Å². The number of carbonyl (C=O) groups is 2. The first-order valence-corrected chi connectivity index (χ1v) is 9.40. The molecule has 0 aromatic heterocycles. The van der Waals surface area contributed by atoms with Gasteiger partial charge < -0.3 is 24.6 Å². The van der Waals surface area contributed by atoms with E-state index in [-0.39, 0.29) is 30.1 Å². The van der Waals surface area contributed by atoms with Gasteiger partial charge in [-0.1, -0.05) is 0 Å². The second-order valence-electron chi connectivity index (χ2n) is 7.74. The van der Waals surface area contributed by atoms with Gasteiger partial charge in [0.1, 0.15) is 35.9 Å². The van der Waals surface area contributed by atoms with Crippen molar-refractivity contribution in [3.05, 3.63) is 23.8 Å². The molecule has 7 nitrogen and oxygen atoms in total. The van der Waals surface area contributed by atoms with Crippen LogP contribution in [0, 0.1) is 0 Å². The Labute approximate surface area is 164 Å². The topological polar surface area (TPSA) is 94.1 Å². The van der Waals surface area contributed by atoms with Crippen LogP contribution in [0.2, 0.25) is 0 Å². The molecule has 1 aliphatic rings. The predicted octanol–water partition coefficient (Wildman–Crippen LogP) is 3.95. The SMILES string of the molecule is CC(C)(C)OC(=O)NC1CCC(Oc2cc(OCCF)ccc2C(=O)O)CC1. The number of amides is 1. The summed E-state index contributed by atoms with van der Waals surface area (Å²) in [5, 5.41) is 12.2. The van der Waals surface area contributed by atoms with Gasteiger partial charge in [-0.3, -0.25) is 0 Å². The van der Waals surface area contributed by atoms with Crippen LogP contribution in [0.3, 0.4) is 0 Å². The third-order valence-corrected chi connectivity index (χ3v) is 4.22. The fourth-order valence-corrected chi connectivity index (χ4v) is 3.00. The number of carbonyl (C=O) groups excluding carboxylic acids is 1. The molecule has 1 amide bonds. The van der Waals surface area contributed by atoms with Gasteiger partial charge in [0.05, 0.1) is 6.10 Å². The van der Waals surface area contributed by atoms with E-state index in [4.69, 9.17) is 14.2 Å². The maximum absolute atomic E-state index is 12.3. The smallest absolute Gasteiger partial charge is 0.407 e. The Bertz CT molecular complexity index is 680. The van der Waals surface area contributed by atoms with E-state index in [1.807, 2.05) is 20.8 Å². The van der Waals surface area contributed by atoms with E-state index >= 15 is 0 Å². The van der Waals surface area contributed by atoms with Crippen LogP contribution in [-0.2, 0) is 4.74 Å². The molecule has 2 rings (SSSR count). The number of hydrogen-bond acceptors (Lipinski definition) is 5. The Hall–Kier alpha value is -2.51. The Morgan fingerprint density at radius 3 is 2.46 bits per heavy atom. The number of nitrogens with one attached hydrogen (secondary N) is 1. The molecule has 2 N–H and O–H groups in total. The highest BCUT2D eigenvalue weighted by Crippen LogP contribution is 2.30. The highest BCUT2D eigenvalue weighted by Gasteiger charge is 2.26. The lowest BCUT2D eigenvalue weighted by atomic mass is 9.93. The number of benzene rings is 1. The Kier molecular flexibility index (Phi) is 7.48. The Morgan fingerprint density at radius 2 is 1.89 bits per heavy atom. The van der Waals surface area contributed by atoms with Crippen molar-refractivity contribution in [2.45, 2.75) is 64.2 Å². The molecule has 1 saturated carbocycles. The van der Waals surface area contributed by atoms with Gasteiger partial charge in [0.2, 0.25) is 0 Å². The molecule has 0 atom stereocenters. The summed E-state index contributed by atoms with van der Waals surface area (Å²) in [5.74, 6) is -0.544. The van der Waals surface area contributed by atoms with E-state index in [0.29, 0.717) is 31.4 Å². The van der Waals surface area contributed by atoms with Gasteiger partial charge in [0.15, 0.2) is 0 Å². The van der Waals surface area contributed by atoms with Crippen molar-refractivity contribution >= 4 is 12.1 Å². The van der Waals surface area contributed by atoms with Gasteiger partial charge in [-0.05, 0) is 58.6 Å². The zero-order chi connectivity index (χ0) is 20.7. The van der Waals surface area contributed by atoms with Gasteiger partial charge in [-0.2, -0.15) is 0 Å². The number of ether oxygens (including phenoxy) is 3. The fraction of sp³-hybridized carbons (Fsp3) is 0.600. The molecule has 1 aromatic carbocycles. The third-order valence-electron chi connectivity index (χ3n) is 4.22. The summed E-state index contributed by atoms with van der Waals surface area (Å²) in [6, 6.07) is 4.34. The van der Waals surface area contributed by atoms with Crippen molar-refractivity contribution in [3.8, 4) is 11.5 Å². The van der Waals surface area contributed by atoms with Crippen molar-refractivity contribution in [2.75, 3.05) is 13.3 Å². The highest BCUT2D eigenvalue weighted by molar-refractivity contribution is 5.91. The summed E-state index contributed by atoms with van der Waals surface area (Å²) in [6.45, 7) is 4.69. The number of aromatic carboxylic acids is 1. The summed E-state index contributed by atoms with van der Waals surface area (Å²) in [7, 11) is 0. The van der Waals surface area contributed by atoms with Crippen LogP contribution < -0.4 is 14.8 Å². The molecule has 0 aliphatic heterocycles. The summed E-state index contributed by atoms with van der Waals surface area (Å²) in [4.78, 5) is 23.3. The van der Waals surface area contributed by atoms with Crippen molar-refractivity contribution in [1.29, 1.82) is 0 Å². The highest BCUT2D eigenvalue weighted by atomic mass is 19.1. The molecule has 0 unspecified atom stereocenters. The second-order valence-corrected chi connectivity index (χ2v) is 7.74. The summed E-state index contributed by atoms with van der Waals surface area (Å²) < 4.78 is 28.7. The Morgan fingerprint density at radius 1 is 1.21 bits per heavy atom. The molecular formula is C20H28FNO6. The summed E-state index contributed by atoms with van der Waals surface area (Å²) >= 11 is 0. The van der Waals surface area contributed by atoms with E-state index in [0.717, 1.165) is 0 Å². The lowest BCUT2D eigenvalue weighted by Crippen LogP contribution is -2.42. The number of hydrogen-bond donors (Lipinski definition) is 2. The largest absolute Gasteiger partial charge is 0.491 e. The number of alkyl carbamates (subject to hydrolysis) is 1. The van der Waals surface area contributed by atoms with E-state index in [1.165, 1.54) is 18.2 Å². The van der Waals surface area contributed by atoms with Gasteiger partial charge in [-0.25, -0.2) is 14.0 Å². The molecule has 8 heteroatoms. The van der Waals surface area contributed by atoms with Crippen LogP contribution in [0.5, 0.6) is 11.5 Å². The van der Waals surface area contributed by atoms with Crippen LogP contribution in [0.4, 0.5) is 9.18 Å². The number of carboxylic acid groups (broad SMARTS) is 1. The van der Waals surface area contributed by atoms with E-state index < -0.39 is 24.3 Å². The van der Waals surface area contributed by atoms with E-state index in [2.05, 4.69) is 5.32 Å². The first-order valence-electron chi connectivity index (χ1n) is 9.40. The molecule has 0 spiro atoms. The summed E-state index contributed by atoms with van der Waals surface area (Å²) in [6.07, 6.45) is 2.10. The van der Waals surface area contributed by atoms with E-state index in [9.17, 15) is 19.1 Å². The Balaban J connectivity index is 1.93. The molecule has 1 fully saturated rings. The first-order chi connectivity index (χ1) is 13.2. The molecular weight excluding hydrogens is 369 g/mol. The average molecular weight is 397 g/mol. The monoisotopic (exact) mass is 397 g/mol. The standard InChI is InChI=1S/C20H28FNO6/c1-20(2,3)28-19(25)22-13-4-6-14(7-5-13)27-17-12-15(26-11-10-21)8-9-16(17)18(23)24/h8-9,12-14H,4-7,10-11H2,1-3H3,(H,22,25)(H,23,24). The molecule has 0 radical (unpaired) electrons. The van der Waals surface area contributed by atoms with Crippen molar-refractivity contribution in [3.63, 3.8) is 0 Å². The van der Waals surface area contributed by atoms with Gasteiger partial charge in [-0.15, -0.1) is 0 Å². The van der Waals surface area contributed by atoms with Crippen molar-refractivity contribution in [1.82, 2.24) is 5.32 Å². The minimum Gasteiger partial charge on any atom is -0.491 e.